The van der Waals surface area contributed by atoms with Gasteiger partial charge < -0.3 is 15.0 Å². The molecule has 1 N–H and O–H groups in total. The number of benzene rings is 2. The van der Waals surface area contributed by atoms with Crippen LogP contribution in [-0.4, -0.2) is 29.9 Å². The number of likely N-dealkylation sites (tertiary alicyclic amines) is 1. The monoisotopic (exact) mass is 364 g/mol. The Morgan fingerprint density at radius 2 is 2.00 bits per heavy atom. The van der Waals surface area contributed by atoms with E-state index in [1.54, 1.807) is 0 Å². The number of nitrogens with one attached hydrogen (secondary N) is 1. The quantitative estimate of drug-likeness (QED) is 0.885. The van der Waals surface area contributed by atoms with E-state index in [0.717, 1.165) is 55.0 Å². The summed E-state index contributed by atoms with van der Waals surface area (Å²) in [6, 6.07) is 13.7. The molecule has 0 atom stereocenters. The molecule has 0 unspecified atom stereocenters. The minimum absolute atomic E-state index is 0.0416. The topological polar surface area (TPSA) is 58.6 Å². The molecule has 0 aromatic heterocycles. The normalized spacial score (nSPS) is 16.0. The summed E-state index contributed by atoms with van der Waals surface area (Å²) < 4.78 is 5.51. The van der Waals surface area contributed by atoms with E-state index in [9.17, 15) is 9.59 Å². The Kier molecular flexibility index (Phi) is 5.10. The molecular weight excluding hydrogens is 340 g/mol. The second kappa shape index (κ2) is 7.82. The van der Waals surface area contributed by atoms with Crippen LogP contribution in [0.3, 0.4) is 0 Å². The Morgan fingerprint density at radius 3 is 2.89 bits per heavy atom. The van der Waals surface area contributed by atoms with Gasteiger partial charge in [-0.3, -0.25) is 9.59 Å². The fourth-order valence-corrected chi connectivity index (χ4v) is 3.74. The lowest BCUT2D eigenvalue weighted by Crippen LogP contribution is -2.34. The molecule has 2 heterocycles. The van der Waals surface area contributed by atoms with Gasteiger partial charge in [0, 0.05) is 31.6 Å². The van der Waals surface area contributed by atoms with Crippen LogP contribution in [0, 0.1) is 0 Å². The van der Waals surface area contributed by atoms with Gasteiger partial charge in [0.1, 0.15) is 5.75 Å². The molecule has 2 aliphatic heterocycles. The number of hydrogen-bond donors (Lipinski definition) is 1. The van der Waals surface area contributed by atoms with Gasteiger partial charge >= 0.3 is 0 Å². The number of nitrogens with zero attached hydrogens (tertiary/aromatic N) is 1. The molecule has 0 saturated carbocycles. The lowest BCUT2D eigenvalue weighted by molar-refractivity contribution is -0.133. The third-order valence-corrected chi connectivity index (χ3v) is 5.12. The van der Waals surface area contributed by atoms with Gasteiger partial charge in [-0.25, -0.2) is 0 Å². The van der Waals surface area contributed by atoms with Gasteiger partial charge in [0.2, 0.25) is 11.8 Å². The van der Waals surface area contributed by atoms with E-state index in [2.05, 4.69) is 11.4 Å². The highest BCUT2D eigenvalue weighted by atomic mass is 16.5. The van der Waals surface area contributed by atoms with Gasteiger partial charge in [-0.05, 0) is 47.7 Å². The van der Waals surface area contributed by atoms with Crippen molar-refractivity contribution in [3.8, 4) is 5.75 Å². The van der Waals surface area contributed by atoms with E-state index in [1.807, 2.05) is 41.3 Å². The average molecular weight is 364 g/mol. The van der Waals surface area contributed by atoms with Crippen LogP contribution in [-0.2, 0) is 29.0 Å². The number of fused-ring (bicyclic) bond motifs is 1. The average Bonchev–Trinajstić information content (AvgIpc) is 3.12. The maximum Gasteiger partial charge on any atom is 0.228 e. The van der Waals surface area contributed by atoms with Gasteiger partial charge in [-0.15, -0.1) is 0 Å². The Balaban J connectivity index is 1.37. The van der Waals surface area contributed by atoms with Crippen molar-refractivity contribution in [1.82, 2.24) is 4.90 Å². The number of carbonyl (C=O) groups is 2. The highest BCUT2D eigenvalue weighted by Gasteiger charge is 2.18. The van der Waals surface area contributed by atoms with Gasteiger partial charge in [-0.2, -0.15) is 0 Å². The van der Waals surface area contributed by atoms with E-state index < -0.39 is 0 Å². The maximum atomic E-state index is 12.4. The molecule has 1 fully saturated rings. The molecule has 2 aromatic carbocycles. The summed E-state index contributed by atoms with van der Waals surface area (Å²) in [7, 11) is 0. The van der Waals surface area contributed by atoms with Gasteiger partial charge in [0.25, 0.3) is 0 Å². The van der Waals surface area contributed by atoms with Gasteiger partial charge in [-0.1, -0.05) is 24.3 Å². The molecule has 5 heteroatoms. The molecule has 0 spiro atoms. The summed E-state index contributed by atoms with van der Waals surface area (Å²) in [5.74, 6) is 1.11. The van der Waals surface area contributed by atoms with E-state index in [4.69, 9.17) is 4.74 Å². The summed E-state index contributed by atoms with van der Waals surface area (Å²) in [6.07, 6.45) is 3.93. The van der Waals surface area contributed by atoms with E-state index in [1.165, 1.54) is 5.56 Å². The molecular formula is C22H24N2O3. The molecule has 0 bridgehead atoms. The first-order chi connectivity index (χ1) is 13.2. The molecule has 2 amide bonds. The largest absolute Gasteiger partial charge is 0.493 e. The zero-order chi connectivity index (χ0) is 18.6. The van der Waals surface area contributed by atoms with Crippen LogP contribution >= 0.6 is 0 Å². The summed E-state index contributed by atoms with van der Waals surface area (Å²) in [5, 5.41) is 2.97. The molecule has 2 aromatic rings. The second-order valence-corrected chi connectivity index (χ2v) is 7.24. The number of amides is 2. The van der Waals surface area contributed by atoms with Crippen LogP contribution < -0.4 is 10.1 Å². The Hall–Kier alpha value is -2.82. The number of piperidine rings is 1. The standard InChI is InChI=1S/C22H24N2O3/c25-21(14-16-7-8-20-18(12-16)9-11-27-20)23-19-5-3-4-17(13-19)15-24-10-2-1-6-22(24)26/h3-5,7-8,12-13H,1-2,6,9-11,14-15H2,(H,23,25). The predicted molar refractivity (Wildman–Crippen MR) is 104 cm³/mol. The van der Waals surface area contributed by atoms with Crippen LogP contribution in [0.15, 0.2) is 42.5 Å². The van der Waals surface area contributed by atoms with Crippen molar-refractivity contribution in [2.75, 3.05) is 18.5 Å². The van der Waals surface area contributed by atoms with Crippen molar-refractivity contribution in [1.29, 1.82) is 0 Å². The van der Waals surface area contributed by atoms with Gasteiger partial charge in [0.05, 0.1) is 13.0 Å². The lowest BCUT2D eigenvalue weighted by Gasteiger charge is -2.26. The van der Waals surface area contributed by atoms with Crippen LogP contribution in [0.4, 0.5) is 5.69 Å². The third-order valence-electron chi connectivity index (χ3n) is 5.12. The third kappa shape index (κ3) is 4.30. The van der Waals surface area contributed by atoms with Crippen molar-refractivity contribution in [2.45, 2.75) is 38.6 Å². The number of hydrogen-bond acceptors (Lipinski definition) is 3. The second-order valence-electron chi connectivity index (χ2n) is 7.24. The van der Waals surface area contributed by atoms with E-state index in [0.29, 0.717) is 19.4 Å². The first-order valence-electron chi connectivity index (χ1n) is 9.58. The highest BCUT2D eigenvalue weighted by Crippen LogP contribution is 2.26. The van der Waals surface area contributed by atoms with E-state index >= 15 is 0 Å². The number of ether oxygens (including phenoxy) is 1. The van der Waals surface area contributed by atoms with Crippen molar-refractivity contribution in [2.24, 2.45) is 0 Å². The molecule has 2 aliphatic rings. The Bertz CT molecular complexity index is 862. The SMILES string of the molecule is O=C(Cc1ccc2c(c1)CCO2)Nc1cccc(CN2CCCCC2=O)c1. The Labute approximate surface area is 159 Å². The predicted octanol–water partition coefficient (Wildman–Crippen LogP) is 3.32. The Morgan fingerprint density at radius 1 is 1.07 bits per heavy atom. The number of rotatable bonds is 5. The van der Waals surface area contributed by atoms with E-state index in [-0.39, 0.29) is 11.8 Å². The molecule has 4 rings (SSSR count). The molecule has 5 nitrogen and oxygen atoms in total. The first-order valence-corrected chi connectivity index (χ1v) is 9.58. The van der Waals surface area contributed by atoms with Crippen molar-refractivity contribution in [3.05, 3.63) is 59.2 Å². The highest BCUT2D eigenvalue weighted by molar-refractivity contribution is 5.92. The maximum absolute atomic E-state index is 12.4. The van der Waals surface area contributed by atoms with Crippen molar-refractivity contribution in [3.63, 3.8) is 0 Å². The summed E-state index contributed by atoms with van der Waals surface area (Å²) in [4.78, 5) is 26.3. The summed E-state index contributed by atoms with van der Waals surface area (Å²) in [6.45, 7) is 2.14. The fraction of sp³-hybridized carbons (Fsp3) is 0.364. The molecule has 1 saturated heterocycles. The molecule has 0 aliphatic carbocycles. The summed E-state index contributed by atoms with van der Waals surface area (Å²) >= 11 is 0. The zero-order valence-corrected chi connectivity index (χ0v) is 15.4. The van der Waals surface area contributed by atoms with Crippen molar-refractivity contribution >= 4 is 17.5 Å². The smallest absolute Gasteiger partial charge is 0.228 e. The van der Waals surface area contributed by atoms with Gasteiger partial charge in [0.15, 0.2) is 0 Å². The lowest BCUT2D eigenvalue weighted by atomic mass is 10.1. The minimum Gasteiger partial charge on any atom is -0.493 e. The number of anilines is 1. The summed E-state index contributed by atoms with van der Waals surface area (Å²) in [5.41, 5.74) is 3.98. The molecule has 0 radical (unpaired) electrons. The minimum atomic E-state index is -0.0416. The van der Waals surface area contributed by atoms with Crippen LogP contribution in [0.2, 0.25) is 0 Å². The van der Waals surface area contributed by atoms with Crippen LogP contribution in [0.25, 0.3) is 0 Å². The fourth-order valence-electron chi connectivity index (χ4n) is 3.74. The number of carbonyl (C=O) groups excluding carboxylic acids is 2. The first kappa shape index (κ1) is 17.6. The van der Waals surface area contributed by atoms with Crippen LogP contribution in [0.5, 0.6) is 5.75 Å². The van der Waals surface area contributed by atoms with Crippen LogP contribution in [0.1, 0.15) is 36.0 Å². The molecule has 140 valence electrons. The zero-order valence-electron chi connectivity index (χ0n) is 15.4. The molecule has 27 heavy (non-hydrogen) atoms. The van der Waals surface area contributed by atoms with Crippen molar-refractivity contribution < 1.29 is 14.3 Å².